The molecule has 0 aliphatic rings. The molecule has 0 bridgehead atoms. The summed E-state index contributed by atoms with van der Waals surface area (Å²) in [6.45, 7) is 5.06. The summed E-state index contributed by atoms with van der Waals surface area (Å²) in [5, 5.41) is 0. The molecular weight excluding hydrogens is 363 g/mol. The predicted molar refractivity (Wildman–Crippen MR) is 93.5 cm³/mol. The van der Waals surface area contributed by atoms with E-state index in [9.17, 15) is 22.8 Å². The van der Waals surface area contributed by atoms with Crippen molar-refractivity contribution in [2.24, 2.45) is 5.73 Å². The molecule has 0 spiro atoms. The van der Waals surface area contributed by atoms with Gasteiger partial charge >= 0.3 is 6.18 Å². The molecule has 27 heavy (non-hydrogen) atoms. The van der Waals surface area contributed by atoms with Crippen molar-refractivity contribution in [1.82, 2.24) is 19.4 Å². The van der Waals surface area contributed by atoms with Crippen molar-refractivity contribution >= 4 is 39.8 Å². The molecule has 0 radical (unpaired) electrons. The number of carbonyl (C=O) groups excluding carboxylic acids is 1. The van der Waals surface area contributed by atoms with Crippen LogP contribution in [0.15, 0.2) is 23.5 Å². The van der Waals surface area contributed by atoms with Gasteiger partial charge in [0.05, 0.1) is 16.7 Å². The molecule has 7 nitrogen and oxygen atoms in total. The first-order valence-corrected chi connectivity index (χ1v) is 7.74. The summed E-state index contributed by atoms with van der Waals surface area (Å²) in [7, 11) is 0. The van der Waals surface area contributed by atoms with Gasteiger partial charge in [-0.3, -0.25) is 14.0 Å². The van der Waals surface area contributed by atoms with Gasteiger partial charge in [-0.15, -0.1) is 0 Å². The van der Waals surface area contributed by atoms with Gasteiger partial charge in [-0.25, -0.2) is 4.98 Å². The first kappa shape index (κ1) is 16.9. The molecule has 0 aliphatic carbocycles. The highest BCUT2D eigenvalue weighted by atomic mass is 19.4. The van der Waals surface area contributed by atoms with E-state index in [1.54, 1.807) is 6.92 Å². The lowest BCUT2D eigenvalue weighted by atomic mass is 10.2. The zero-order valence-corrected chi connectivity index (χ0v) is 13.9. The Bertz CT molecular complexity index is 1340. The number of alkyl halides is 3. The largest absolute Gasteiger partial charge is 0.433 e. The number of nitrogens with one attached hydrogen (secondary N) is 2. The van der Waals surface area contributed by atoms with Gasteiger partial charge in [-0.05, 0) is 24.6 Å². The number of aromatic nitrogens is 4. The summed E-state index contributed by atoms with van der Waals surface area (Å²) in [5.74, 6) is -0.894. The van der Waals surface area contributed by atoms with Crippen LogP contribution in [0.4, 0.5) is 13.2 Å². The second kappa shape index (κ2) is 5.22. The summed E-state index contributed by atoms with van der Waals surface area (Å²) in [6, 6.07) is 2.84. The van der Waals surface area contributed by atoms with Gasteiger partial charge in [-0.2, -0.15) is 13.2 Å². The summed E-state index contributed by atoms with van der Waals surface area (Å²) < 4.78 is 41.6. The van der Waals surface area contributed by atoms with E-state index < -0.39 is 23.2 Å². The first-order valence-electron chi connectivity index (χ1n) is 7.74. The molecule has 3 heterocycles. The number of aromatic amines is 2. The monoisotopic (exact) mass is 375 g/mol. The third-order valence-electron chi connectivity index (χ3n) is 4.41. The number of benzene rings is 1. The second-order valence-corrected chi connectivity index (χ2v) is 6.05. The van der Waals surface area contributed by atoms with Gasteiger partial charge in [0.25, 0.3) is 5.91 Å². The predicted octanol–water partition coefficient (Wildman–Crippen LogP) is 2.73. The van der Waals surface area contributed by atoms with Crippen molar-refractivity contribution in [2.45, 2.75) is 13.1 Å². The normalized spacial score (nSPS) is 12.3. The van der Waals surface area contributed by atoms with Gasteiger partial charge < -0.3 is 15.7 Å². The van der Waals surface area contributed by atoms with E-state index in [2.05, 4.69) is 21.5 Å². The molecule has 1 amide bonds. The number of rotatable bonds is 2. The number of nitrogens with zero attached hydrogens (tertiary/aromatic N) is 2. The fourth-order valence-corrected chi connectivity index (χ4v) is 3.27. The Morgan fingerprint density at radius 1 is 1.33 bits per heavy atom. The quantitative estimate of drug-likeness (QED) is 0.501. The number of carbonyl (C=O) groups is 1. The Kier molecular flexibility index (Phi) is 3.27. The first-order chi connectivity index (χ1) is 12.6. The van der Waals surface area contributed by atoms with Crippen molar-refractivity contribution in [2.75, 3.05) is 0 Å². The molecule has 0 aliphatic heterocycles. The number of imidazole rings is 1. The van der Waals surface area contributed by atoms with Crippen molar-refractivity contribution < 1.29 is 18.0 Å². The van der Waals surface area contributed by atoms with Gasteiger partial charge in [0.15, 0.2) is 5.65 Å². The lowest BCUT2D eigenvalue weighted by molar-refractivity contribution is -0.141. The SMILES string of the molecule is C=Cc1[nH]c2c(C(N)=O)c3nc4c(=O)ccc(C)c4n3c2[nH]c1C(F)(F)F. The third-order valence-corrected chi connectivity index (χ3v) is 4.41. The average Bonchev–Trinajstić information content (AvgIpc) is 3.10. The zero-order chi connectivity index (χ0) is 19.7. The molecule has 4 aromatic rings. The molecule has 0 unspecified atom stereocenters. The van der Waals surface area contributed by atoms with E-state index in [0.29, 0.717) is 11.1 Å². The van der Waals surface area contributed by atoms with E-state index >= 15 is 0 Å². The Morgan fingerprint density at radius 2 is 2.04 bits per heavy atom. The fraction of sp³-hybridized carbons (Fsp3) is 0.118. The fourth-order valence-electron chi connectivity index (χ4n) is 3.27. The Balaban J connectivity index is 2.35. The summed E-state index contributed by atoms with van der Waals surface area (Å²) in [5.41, 5.74) is 4.42. The maximum atomic E-state index is 13.4. The van der Waals surface area contributed by atoms with Crippen molar-refractivity contribution in [3.05, 3.63) is 51.4 Å². The average molecular weight is 375 g/mol. The number of H-pyrrole nitrogens is 2. The zero-order valence-electron chi connectivity index (χ0n) is 13.9. The van der Waals surface area contributed by atoms with Crippen LogP contribution in [0.2, 0.25) is 0 Å². The standard InChI is InChI=1S/C17H12F3N5O2/c1-3-7-13(17(18,19)20)24-16-11(22-7)9(14(21)27)15-23-10-8(26)5-4-6(2)12(10)25(15)16/h3-5,22,24H,1H2,2H3,(H2,21,27). The van der Waals surface area contributed by atoms with Crippen molar-refractivity contribution in [3.8, 4) is 0 Å². The Morgan fingerprint density at radius 3 is 2.63 bits per heavy atom. The molecule has 0 saturated heterocycles. The van der Waals surface area contributed by atoms with Crippen LogP contribution < -0.4 is 11.2 Å². The number of halogens is 3. The lowest BCUT2D eigenvalue weighted by Crippen LogP contribution is -2.14. The number of hydrogen-bond acceptors (Lipinski definition) is 3. The van der Waals surface area contributed by atoms with Gasteiger partial charge in [0.1, 0.15) is 22.4 Å². The van der Waals surface area contributed by atoms with Gasteiger partial charge in [-0.1, -0.05) is 12.6 Å². The highest BCUT2D eigenvalue weighted by Crippen LogP contribution is 2.34. The minimum absolute atomic E-state index is 0.000682. The molecular formula is C17H12F3N5O2. The smallest absolute Gasteiger partial charge is 0.365 e. The third kappa shape index (κ3) is 2.19. The van der Waals surface area contributed by atoms with Crippen molar-refractivity contribution in [3.63, 3.8) is 0 Å². The molecule has 0 atom stereocenters. The number of hydrogen-bond donors (Lipinski definition) is 3. The van der Waals surface area contributed by atoms with Crippen molar-refractivity contribution in [1.29, 1.82) is 0 Å². The van der Waals surface area contributed by atoms with Gasteiger partial charge in [0.2, 0.25) is 5.43 Å². The van der Waals surface area contributed by atoms with E-state index in [0.717, 1.165) is 6.08 Å². The molecule has 1 aromatic carbocycles. The van der Waals surface area contributed by atoms with Gasteiger partial charge in [0, 0.05) is 0 Å². The van der Waals surface area contributed by atoms with Crippen LogP contribution in [0.5, 0.6) is 0 Å². The Hall–Kier alpha value is -3.56. The highest BCUT2D eigenvalue weighted by Gasteiger charge is 2.36. The molecule has 4 N–H and O–H groups in total. The molecule has 10 heteroatoms. The Labute approximate surface area is 148 Å². The van der Waals surface area contributed by atoms with Crippen LogP contribution in [0, 0.1) is 6.92 Å². The highest BCUT2D eigenvalue weighted by molar-refractivity contribution is 6.12. The van der Waals surface area contributed by atoms with Crippen LogP contribution in [0.1, 0.15) is 27.3 Å². The summed E-state index contributed by atoms with van der Waals surface area (Å²) in [6.07, 6.45) is -3.72. The summed E-state index contributed by atoms with van der Waals surface area (Å²) >= 11 is 0. The number of aryl methyl sites for hydroxylation is 1. The van der Waals surface area contributed by atoms with E-state index in [1.165, 1.54) is 16.5 Å². The maximum absolute atomic E-state index is 13.4. The lowest BCUT2D eigenvalue weighted by Gasteiger charge is -2.12. The van der Waals surface area contributed by atoms with E-state index in [1.807, 2.05) is 0 Å². The maximum Gasteiger partial charge on any atom is 0.433 e. The second-order valence-electron chi connectivity index (χ2n) is 6.05. The number of nitrogens with two attached hydrogens (primary N) is 1. The summed E-state index contributed by atoms with van der Waals surface area (Å²) in [4.78, 5) is 33.2. The number of fused-ring (bicyclic) bond motifs is 5. The number of primary amides is 1. The van der Waals surface area contributed by atoms with Crippen LogP contribution in [-0.4, -0.2) is 25.3 Å². The molecule has 4 rings (SSSR count). The molecule has 0 fully saturated rings. The van der Waals surface area contributed by atoms with Crippen LogP contribution in [-0.2, 0) is 6.18 Å². The molecule has 138 valence electrons. The van der Waals surface area contributed by atoms with Crippen LogP contribution in [0.25, 0.3) is 33.9 Å². The van der Waals surface area contributed by atoms with E-state index in [4.69, 9.17) is 5.73 Å². The molecule has 3 aromatic heterocycles. The minimum Gasteiger partial charge on any atom is -0.365 e. The van der Waals surface area contributed by atoms with Crippen LogP contribution in [0.3, 0.4) is 0 Å². The topological polar surface area (TPSA) is 109 Å². The minimum atomic E-state index is -4.71. The number of amides is 1. The van der Waals surface area contributed by atoms with E-state index in [-0.39, 0.29) is 33.6 Å². The van der Waals surface area contributed by atoms with Crippen LogP contribution >= 0.6 is 0 Å². The molecule has 0 saturated carbocycles.